The fourth-order valence-electron chi connectivity index (χ4n) is 2.30. The van der Waals surface area contributed by atoms with Crippen LogP contribution in [0.25, 0.3) is 0 Å². The number of thiocarbonyl (C=S) groups is 1. The largest absolute Gasteiger partial charge is 0.466 e. The van der Waals surface area contributed by atoms with E-state index in [1.807, 2.05) is 30.3 Å². The van der Waals surface area contributed by atoms with Crippen LogP contribution in [0, 0.1) is 5.82 Å². The predicted molar refractivity (Wildman–Crippen MR) is 106 cm³/mol. The zero-order valence-corrected chi connectivity index (χ0v) is 15.6. The highest BCUT2D eigenvalue weighted by Gasteiger charge is 2.10. The maximum atomic E-state index is 13.5. The van der Waals surface area contributed by atoms with E-state index >= 15 is 0 Å². The average molecular weight is 388 g/mol. The van der Waals surface area contributed by atoms with Crippen molar-refractivity contribution in [1.82, 2.24) is 5.32 Å². The van der Waals surface area contributed by atoms with Crippen molar-refractivity contribution in [1.29, 1.82) is 0 Å². The minimum atomic E-state index is -0.479. The Kier molecular flexibility index (Phi) is 8.38. The Morgan fingerprint density at radius 2 is 1.70 bits per heavy atom. The number of aryl methyl sites for hydroxylation is 1. The topological polar surface area (TPSA) is 67.4 Å². The first-order chi connectivity index (χ1) is 13.0. The summed E-state index contributed by atoms with van der Waals surface area (Å²) in [5, 5.41) is 4.97. The molecule has 5 nitrogen and oxygen atoms in total. The summed E-state index contributed by atoms with van der Waals surface area (Å²) in [7, 11) is 0. The van der Waals surface area contributed by atoms with Gasteiger partial charge in [0, 0.05) is 6.42 Å². The third-order valence-corrected chi connectivity index (χ3v) is 3.85. The van der Waals surface area contributed by atoms with Crippen LogP contribution in [0.4, 0.5) is 10.1 Å². The van der Waals surface area contributed by atoms with Gasteiger partial charge in [-0.1, -0.05) is 42.5 Å². The summed E-state index contributed by atoms with van der Waals surface area (Å²) in [6.45, 7) is 0.308. The van der Waals surface area contributed by atoms with E-state index in [9.17, 15) is 14.0 Å². The number of carbonyl (C=O) groups excluding carboxylic acids is 2. The second-order valence-corrected chi connectivity index (χ2v) is 6.20. The highest BCUT2D eigenvalue weighted by atomic mass is 32.1. The maximum Gasteiger partial charge on any atom is 0.306 e. The molecule has 0 aromatic heterocycles. The number of nitrogens with one attached hydrogen (secondary N) is 2. The van der Waals surface area contributed by atoms with Crippen LogP contribution in [-0.2, 0) is 20.7 Å². The lowest BCUT2D eigenvalue weighted by Crippen LogP contribution is -2.34. The Balaban J connectivity index is 1.59. The number of hydrogen-bond donors (Lipinski definition) is 2. The highest BCUT2D eigenvalue weighted by molar-refractivity contribution is 7.80. The van der Waals surface area contributed by atoms with Crippen LogP contribution in [0.2, 0.25) is 0 Å². The Morgan fingerprint density at radius 3 is 2.44 bits per heavy atom. The number of halogens is 1. The molecule has 2 aromatic rings. The molecule has 0 saturated carbocycles. The van der Waals surface area contributed by atoms with Crippen LogP contribution in [0.1, 0.15) is 24.8 Å². The summed E-state index contributed by atoms with van der Waals surface area (Å²) in [6.07, 6.45) is 1.44. The summed E-state index contributed by atoms with van der Waals surface area (Å²) in [5.41, 5.74) is 1.35. The minimum Gasteiger partial charge on any atom is -0.466 e. The van der Waals surface area contributed by atoms with Crippen molar-refractivity contribution in [3.8, 4) is 0 Å². The SMILES string of the molecule is O=C(CCC(=O)OCCCc1ccccc1)NC(=S)Nc1ccccc1F. The third-order valence-electron chi connectivity index (χ3n) is 3.65. The molecule has 1 amide bonds. The van der Waals surface area contributed by atoms with Gasteiger partial charge in [0.1, 0.15) is 5.82 Å². The van der Waals surface area contributed by atoms with Crippen molar-refractivity contribution >= 4 is 34.9 Å². The maximum absolute atomic E-state index is 13.5. The molecule has 0 atom stereocenters. The Bertz CT molecular complexity index is 784. The van der Waals surface area contributed by atoms with E-state index < -0.39 is 17.7 Å². The lowest BCUT2D eigenvalue weighted by molar-refractivity contribution is -0.145. The van der Waals surface area contributed by atoms with E-state index in [0.29, 0.717) is 6.61 Å². The fraction of sp³-hybridized carbons (Fsp3) is 0.250. The standard InChI is InChI=1S/C20H21FN2O3S/c21-16-10-4-5-11-17(16)22-20(27)23-18(24)12-13-19(25)26-14-6-9-15-7-2-1-3-8-15/h1-5,7-8,10-11H,6,9,12-14H2,(H2,22,23,24,27). The van der Waals surface area contributed by atoms with E-state index in [1.165, 1.54) is 17.7 Å². The van der Waals surface area contributed by atoms with Gasteiger partial charge in [0.2, 0.25) is 5.91 Å². The van der Waals surface area contributed by atoms with Gasteiger partial charge in [-0.3, -0.25) is 9.59 Å². The Labute approximate surface area is 162 Å². The summed E-state index contributed by atoms with van der Waals surface area (Å²) in [4.78, 5) is 23.5. The molecule has 7 heteroatoms. The fourth-order valence-corrected chi connectivity index (χ4v) is 2.52. The Hall–Kier alpha value is -2.80. The first kappa shape index (κ1) is 20.5. The molecule has 0 bridgehead atoms. The van der Waals surface area contributed by atoms with E-state index in [1.54, 1.807) is 12.1 Å². The molecule has 142 valence electrons. The van der Waals surface area contributed by atoms with Gasteiger partial charge in [0.25, 0.3) is 0 Å². The molecular weight excluding hydrogens is 367 g/mol. The van der Waals surface area contributed by atoms with Gasteiger partial charge >= 0.3 is 5.97 Å². The molecule has 2 aromatic carbocycles. The number of anilines is 1. The normalized spacial score (nSPS) is 10.1. The van der Waals surface area contributed by atoms with Gasteiger partial charge in [-0.25, -0.2) is 4.39 Å². The van der Waals surface area contributed by atoms with Crippen molar-refractivity contribution in [2.75, 3.05) is 11.9 Å². The molecule has 2 N–H and O–H groups in total. The quantitative estimate of drug-likeness (QED) is 0.411. The van der Waals surface area contributed by atoms with Gasteiger partial charge in [0.15, 0.2) is 5.11 Å². The van der Waals surface area contributed by atoms with E-state index in [4.69, 9.17) is 17.0 Å². The third kappa shape index (κ3) is 7.96. The van der Waals surface area contributed by atoms with Crippen molar-refractivity contribution < 1.29 is 18.7 Å². The lowest BCUT2D eigenvalue weighted by Gasteiger charge is -2.10. The molecule has 2 rings (SSSR count). The first-order valence-corrected chi connectivity index (χ1v) is 9.00. The van der Waals surface area contributed by atoms with Crippen molar-refractivity contribution in [3.63, 3.8) is 0 Å². The van der Waals surface area contributed by atoms with Gasteiger partial charge in [-0.15, -0.1) is 0 Å². The van der Waals surface area contributed by atoms with Gasteiger partial charge < -0.3 is 15.4 Å². The minimum absolute atomic E-state index is 0.0265. The molecule has 0 aliphatic carbocycles. The number of benzene rings is 2. The Morgan fingerprint density at radius 1 is 1.00 bits per heavy atom. The van der Waals surface area contributed by atoms with E-state index in [-0.39, 0.29) is 23.6 Å². The zero-order valence-electron chi connectivity index (χ0n) is 14.7. The van der Waals surface area contributed by atoms with Crippen molar-refractivity contribution in [2.45, 2.75) is 25.7 Å². The molecule has 0 aliphatic heterocycles. The first-order valence-electron chi connectivity index (χ1n) is 8.59. The molecule has 0 radical (unpaired) electrons. The lowest BCUT2D eigenvalue weighted by atomic mass is 10.1. The smallest absolute Gasteiger partial charge is 0.306 e. The summed E-state index contributed by atoms with van der Waals surface area (Å²) < 4.78 is 18.6. The average Bonchev–Trinajstić information content (AvgIpc) is 2.66. The number of hydrogen-bond acceptors (Lipinski definition) is 4. The number of carbonyl (C=O) groups is 2. The number of esters is 1. The van der Waals surface area contributed by atoms with Gasteiger partial charge in [-0.2, -0.15) is 0 Å². The molecule has 0 aliphatic rings. The van der Waals surface area contributed by atoms with Crippen LogP contribution < -0.4 is 10.6 Å². The zero-order chi connectivity index (χ0) is 19.5. The summed E-state index contributed by atoms with van der Waals surface area (Å²) >= 11 is 4.96. The van der Waals surface area contributed by atoms with Crippen molar-refractivity contribution in [3.05, 3.63) is 66.0 Å². The van der Waals surface area contributed by atoms with Crippen LogP contribution in [0.15, 0.2) is 54.6 Å². The molecule has 27 heavy (non-hydrogen) atoms. The molecule has 0 spiro atoms. The van der Waals surface area contributed by atoms with Gasteiger partial charge in [-0.05, 0) is 42.8 Å². The molecule has 0 heterocycles. The van der Waals surface area contributed by atoms with Crippen LogP contribution in [-0.4, -0.2) is 23.6 Å². The molecule has 0 fully saturated rings. The number of amides is 1. The van der Waals surface area contributed by atoms with E-state index in [0.717, 1.165) is 12.8 Å². The molecular formula is C20H21FN2O3S. The second kappa shape index (κ2) is 11.0. The van der Waals surface area contributed by atoms with E-state index in [2.05, 4.69) is 10.6 Å². The second-order valence-electron chi connectivity index (χ2n) is 5.79. The predicted octanol–water partition coefficient (Wildman–Crippen LogP) is 3.59. The van der Waals surface area contributed by atoms with Crippen LogP contribution in [0.5, 0.6) is 0 Å². The molecule has 0 saturated heterocycles. The van der Waals surface area contributed by atoms with Crippen LogP contribution in [0.3, 0.4) is 0 Å². The highest BCUT2D eigenvalue weighted by Crippen LogP contribution is 2.12. The molecule has 0 unspecified atom stereocenters. The van der Waals surface area contributed by atoms with Crippen molar-refractivity contribution in [2.24, 2.45) is 0 Å². The monoisotopic (exact) mass is 388 g/mol. The van der Waals surface area contributed by atoms with Crippen LogP contribution >= 0.6 is 12.2 Å². The number of ether oxygens (including phenoxy) is 1. The summed E-state index contributed by atoms with van der Waals surface area (Å²) in [6, 6.07) is 15.9. The number of rotatable bonds is 8. The number of para-hydroxylation sites is 1. The summed E-state index contributed by atoms with van der Waals surface area (Å²) in [5.74, 6) is -1.36. The van der Waals surface area contributed by atoms with Gasteiger partial charge in [0.05, 0.1) is 18.7 Å².